The molecule has 2 heterocycles. The molecule has 9 heteroatoms. The summed E-state index contributed by atoms with van der Waals surface area (Å²) in [6.07, 6.45) is 2.93. The summed E-state index contributed by atoms with van der Waals surface area (Å²) in [5.74, 6) is -0.161. The average molecular weight is 487 g/mol. The lowest BCUT2D eigenvalue weighted by molar-refractivity contribution is 0.102. The highest BCUT2D eigenvalue weighted by Crippen LogP contribution is 2.34. The van der Waals surface area contributed by atoms with Crippen molar-refractivity contribution < 1.29 is 9.18 Å². The molecular formula is C26H20ClFN6O. The van der Waals surface area contributed by atoms with Gasteiger partial charge in [-0.2, -0.15) is 0 Å². The van der Waals surface area contributed by atoms with Crippen LogP contribution in [0.25, 0.3) is 21.7 Å². The molecule has 0 unspecified atom stereocenters. The molecule has 1 amide bonds. The van der Waals surface area contributed by atoms with Crippen LogP contribution in [-0.2, 0) is 0 Å². The van der Waals surface area contributed by atoms with Crippen LogP contribution in [-0.4, -0.2) is 20.9 Å². The minimum Gasteiger partial charge on any atom is -0.383 e. The normalized spacial score (nSPS) is 11.1. The number of halogens is 2. The van der Waals surface area contributed by atoms with Crippen molar-refractivity contribution in [3.05, 3.63) is 88.6 Å². The van der Waals surface area contributed by atoms with E-state index in [2.05, 4.69) is 25.6 Å². The fourth-order valence-corrected chi connectivity index (χ4v) is 4.22. The van der Waals surface area contributed by atoms with Crippen LogP contribution in [0.2, 0.25) is 5.02 Å². The summed E-state index contributed by atoms with van der Waals surface area (Å²) < 4.78 is 14.5. The van der Waals surface area contributed by atoms with E-state index in [-0.39, 0.29) is 16.6 Å². The number of fused-ring (bicyclic) bond motifs is 2. The van der Waals surface area contributed by atoms with Gasteiger partial charge in [0.2, 0.25) is 0 Å². The Labute approximate surface area is 205 Å². The number of nitrogens with zero attached hydrogens (tertiary/aromatic N) is 3. The summed E-state index contributed by atoms with van der Waals surface area (Å²) in [5.41, 5.74) is 9.40. The van der Waals surface area contributed by atoms with Gasteiger partial charge < -0.3 is 16.4 Å². The van der Waals surface area contributed by atoms with Gasteiger partial charge in [-0.3, -0.25) is 4.79 Å². The molecule has 174 valence electrons. The number of pyridine rings is 1. The third-order valence-electron chi connectivity index (χ3n) is 5.76. The zero-order valence-corrected chi connectivity index (χ0v) is 19.6. The SMILES string of the molecule is Cc1cc(C(=O)Nc2c(C)ccc3c(Nc4cccc(Cl)c4F)nccc23)c2ncnc(N)c2c1. The molecule has 0 saturated carbocycles. The summed E-state index contributed by atoms with van der Waals surface area (Å²) in [6, 6.07) is 13.9. The van der Waals surface area contributed by atoms with Crippen LogP contribution in [0.15, 0.2) is 61.1 Å². The highest BCUT2D eigenvalue weighted by molar-refractivity contribution is 6.31. The second-order valence-electron chi connectivity index (χ2n) is 8.16. The third-order valence-corrected chi connectivity index (χ3v) is 6.05. The number of hydrogen-bond donors (Lipinski definition) is 3. The van der Waals surface area contributed by atoms with Gasteiger partial charge in [-0.25, -0.2) is 19.3 Å². The molecule has 0 aliphatic rings. The molecule has 2 aromatic heterocycles. The first-order valence-corrected chi connectivity index (χ1v) is 11.1. The van der Waals surface area contributed by atoms with Crippen LogP contribution in [0.4, 0.5) is 27.4 Å². The molecule has 3 aromatic carbocycles. The minimum absolute atomic E-state index is 0.00820. The molecule has 0 saturated heterocycles. The van der Waals surface area contributed by atoms with Gasteiger partial charge in [0.15, 0.2) is 5.82 Å². The number of carbonyl (C=O) groups is 1. The molecule has 0 atom stereocenters. The highest BCUT2D eigenvalue weighted by atomic mass is 35.5. The molecule has 7 nitrogen and oxygen atoms in total. The number of aromatic nitrogens is 3. The Kier molecular flexibility index (Phi) is 5.66. The third kappa shape index (κ3) is 4.08. The maximum Gasteiger partial charge on any atom is 0.257 e. The molecular weight excluding hydrogens is 467 g/mol. The molecule has 4 N–H and O–H groups in total. The molecule has 5 aromatic rings. The summed E-state index contributed by atoms with van der Waals surface area (Å²) in [5, 5.41) is 8.11. The Morgan fingerprint density at radius 2 is 1.83 bits per heavy atom. The van der Waals surface area contributed by atoms with Crippen molar-refractivity contribution in [3.63, 3.8) is 0 Å². The number of nitrogens with two attached hydrogens (primary N) is 1. The van der Waals surface area contributed by atoms with Gasteiger partial charge in [-0.15, -0.1) is 0 Å². The smallest absolute Gasteiger partial charge is 0.257 e. The summed E-state index contributed by atoms with van der Waals surface area (Å²) in [4.78, 5) is 26.1. The van der Waals surface area contributed by atoms with Gasteiger partial charge in [0.1, 0.15) is 18.0 Å². The predicted molar refractivity (Wildman–Crippen MR) is 138 cm³/mol. The van der Waals surface area contributed by atoms with Gasteiger partial charge in [-0.1, -0.05) is 29.8 Å². The van der Waals surface area contributed by atoms with Crippen molar-refractivity contribution in [1.82, 2.24) is 15.0 Å². The van der Waals surface area contributed by atoms with Crippen molar-refractivity contribution in [3.8, 4) is 0 Å². The Hall–Kier alpha value is -4.30. The number of aryl methyl sites for hydroxylation is 2. The van der Waals surface area contributed by atoms with E-state index in [1.54, 1.807) is 30.5 Å². The zero-order valence-electron chi connectivity index (χ0n) is 18.9. The van der Waals surface area contributed by atoms with Crippen LogP contribution in [0.3, 0.4) is 0 Å². The number of benzene rings is 3. The molecule has 0 bridgehead atoms. The first kappa shape index (κ1) is 22.5. The van der Waals surface area contributed by atoms with E-state index < -0.39 is 5.82 Å². The second kappa shape index (κ2) is 8.81. The lowest BCUT2D eigenvalue weighted by Gasteiger charge is -2.16. The van der Waals surface area contributed by atoms with Gasteiger partial charge in [0.05, 0.1) is 27.5 Å². The molecule has 0 aliphatic carbocycles. The number of anilines is 4. The quantitative estimate of drug-likeness (QED) is 0.280. The average Bonchev–Trinajstić information content (AvgIpc) is 2.84. The zero-order chi connectivity index (χ0) is 24.7. The maximum atomic E-state index is 14.5. The van der Waals surface area contributed by atoms with Crippen molar-refractivity contribution >= 4 is 62.2 Å². The molecule has 0 spiro atoms. The monoisotopic (exact) mass is 486 g/mol. The lowest BCUT2D eigenvalue weighted by atomic mass is 10.0. The Morgan fingerprint density at radius 1 is 1.00 bits per heavy atom. The van der Waals surface area contributed by atoms with Crippen molar-refractivity contribution in [2.24, 2.45) is 0 Å². The van der Waals surface area contributed by atoms with Crippen LogP contribution in [0.5, 0.6) is 0 Å². The van der Waals surface area contributed by atoms with Crippen molar-refractivity contribution in [2.75, 3.05) is 16.4 Å². The van der Waals surface area contributed by atoms with Crippen LogP contribution >= 0.6 is 11.6 Å². The first-order valence-electron chi connectivity index (χ1n) is 10.7. The number of nitrogen functional groups attached to an aromatic ring is 1. The van der Waals surface area contributed by atoms with E-state index >= 15 is 0 Å². The molecule has 5 rings (SSSR count). The summed E-state index contributed by atoms with van der Waals surface area (Å²) >= 11 is 5.92. The molecule has 35 heavy (non-hydrogen) atoms. The largest absolute Gasteiger partial charge is 0.383 e. The van der Waals surface area contributed by atoms with E-state index in [0.717, 1.165) is 16.5 Å². The van der Waals surface area contributed by atoms with Gasteiger partial charge >= 0.3 is 0 Å². The molecule has 0 aliphatic heterocycles. The van der Waals surface area contributed by atoms with E-state index in [4.69, 9.17) is 17.3 Å². The van der Waals surface area contributed by atoms with Crippen LogP contribution < -0.4 is 16.4 Å². The van der Waals surface area contributed by atoms with E-state index in [1.807, 2.05) is 32.0 Å². The summed E-state index contributed by atoms with van der Waals surface area (Å²) in [6.45, 7) is 3.78. The fraction of sp³-hybridized carbons (Fsp3) is 0.0769. The number of nitrogens with one attached hydrogen (secondary N) is 2. The fourth-order valence-electron chi connectivity index (χ4n) is 4.04. The highest BCUT2D eigenvalue weighted by Gasteiger charge is 2.18. The Bertz CT molecular complexity index is 1640. The molecule has 0 fully saturated rings. The van der Waals surface area contributed by atoms with Crippen molar-refractivity contribution in [1.29, 1.82) is 0 Å². The minimum atomic E-state index is -0.568. The van der Waals surface area contributed by atoms with Crippen molar-refractivity contribution in [2.45, 2.75) is 13.8 Å². The number of hydrogen-bond acceptors (Lipinski definition) is 6. The second-order valence-corrected chi connectivity index (χ2v) is 8.57. The van der Waals surface area contributed by atoms with Gasteiger partial charge in [0, 0.05) is 22.4 Å². The van der Waals surface area contributed by atoms with Gasteiger partial charge in [-0.05, 0) is 55.3 Å². The van der Waals surface area contributed by atoms with E-state index in [1.165, 1.54) is 12.4 Å². The lowest BCUT2D eigenvalue weighted by Crippen LogP contribution is -2.15. The number of rotatable bonds is 4. The Morgan fingerprint density at radius 3 is 2.66 bits per heavy atom. The van der Waals surface area contributed by atoms with Gasteiger partial charge in [0.25, 0.3) is 5.91 Å². The first-order chi connectivity index (χ1) is 16.8. The van der Waals surface area contributed by atoms with Crippen LogP contribution in [0.1, 0.15) is 21.5 Å². The molecule has 0 radical (unpaired) electrons. The number of carbonyl (C=O) groups excluding carboxylic acids is 1. The topological polar surface area (TPSA) is 106 Å². The van der Waals surface area contributed by atoms with Crippen LogP contribution in [0, 0.1) is 19.7 Å². The maximum absolute atomic E-state index is 14.5. The standard InChI is InChI=1S/C26H20ClFN6O/c1-13-10-17-23(31-12-32-24(17)29)18(11-13)26(35)34-22-14(2)6-7-16-15(22)8-9-30-25(16)33-20-5-3-4-19(27)21(20)28/h3-12H,1-2H3,(H,30,33)(H,34,35)(H2,29,31,32). The Balaban J connectivity index is 1.58. The predicted octanol–water partition coefficient (Wildman–Crippen LogP) is 6.17. The number of amides is 1. The summed E-state index contributed by atoms with van der Waals surface area (Å²) in [7, 11) is 0. The van der Waals surface area contributed by atoms with E-state index in [9.17, 15) is 9.18 Å². The van der Waals surface area contributed by atoms with E-state index in [0.29, 0.717) is 39.2 Å².